The number of pyridine rings is 1. The summed E-state index contributed by atoms with van der Waals surface area (Å²) < 4.78 is 2.88. The van der Waals surface area contributed by atoms with E-state index in [1.54, 1.807) is 0 Å². The zero-order chi connectivity index (χ0) is 13.8. The van der Waals surface area contributed by atoms with E-state index in [9.17, 15) is 4.79 Å². The van der Waals surface area contributed by atoms with Crippen LogP contribution < -0.4 is 22.3 Å². The molecule has 1 N–H and O–H groups in total. The van der Waals surface area contributed by atoms with E-state index in [4.69, 9.17) is 0 Å². The van der Waals surface area contributed by atoms with Crippen LogP contribution in [0.1, 0.15) is 11.1 Å². The summed E-state index contributed by atoms with van der Waals surface area (Å²) in [6.45, 7) is 4.30. The molecule has 0 fully saturated rings. The highest BCUT2D eigenvalue weighted by molar-refractivity contribution is 9.10. The Labute approximate surface area is 133 Å². The van der Waals surface area contributed by atoms with Crippen molar-refractivity contribution in [3.05, 3.63) is 58.3 Å². The summed E-state index contributed by atoms with van der Waals surface area (Å²) in [7, 11) is 0. The Morgan fingerprint density at radius 1 is 1.30 bits per heavy atom. The van der Waals surface area contributed by atoms with Crippen molar-refractivity contribution in [1.82, 2.24) is 0 Å². The Morgan fingerprint density at radius 3 is 2.70 bits per heavy atom. The van der Waals surface area contributed by atoms with Crippen LogP contribution in [0.4, 0.5) is 5.69 Å². The fourth-order valence-corrected chi connectivity index (χ4v) is 2.35. The SMILES string of the molecule is Cc1ccc[n+](CC(=O)Nc2ccc(Br)cc2C)c1.[Cl-]. The summed E-state index contributed by atoms with van der Waals surface area (Å²) in [5.74, 6) is -0.0268. The number of amides is 1. The molecule has 2 aromatic rings. The second-order valence-corrected chi connectivity index (χ2v) is 5.48. The van der Waals surface area contributed by atoms with Gasteiger partial charge in [0.25, 0.3) is 5.91 Å². The normalized spacial score (nSPS) is 9.75. The zero-order valence-electron chi connectivity index (χ0n) is 11.4. The predicted octanol–water partition coefficient (Wildman–Crippen LogP) is -0.00386. The molecule has 5 heteroatoms. The lowest BCUT2D eigenvalue weighted by atomic mass is 10.2. The molecule has 2 rings (SSSR count). The first kappa shape index (κ1) is 16.7. The van der Waals surface area contributed by atoms with Gasteiger partial charge in [-0.3, -0.25) is 4.79 Å². The third kappa shape index (κ3) is 4.62. The Balaban J connectivity index is 0.00000200. The standard InChI is InChI=1S/C15H15BrN2O.ClH/c1-11-4-3-7-18(9-11)10-15(19)17-14-6-5-13(16)8-12(14)2;/h3-9H,10H2,1-2H3;1H. The molecule has 1 aromatic heterocycles. The maximum absolute atomic E-state index is 12.0. The number of halogens is 2. The van der Waals surface area contributed by atoms with Gasteiger partial charge in [0.05, 0.1) is 0 Å². The van der Waals surface area contributed by atoms with E-state index in [-0.39, 0.29) is 18.3 Å². The average molecular weight is 356 g/mol. The number of benzene rings is 1. The maximum atomic E-state index is 12.0. The Kier molecular flexibility index (Phi) is 6.17. The summed E-state index contributed by atoms with van der Waals surface area (Å²) >= 11 is 3.41. The number of nitrogens with one attached hydrogen (secondary N) is 1. The molecular formula is C15H16BrClN2O. The molecule has 0 atom stereocenters. The summed E-state index contributed by atoms with van der Waals surface area (Å²) in [5, 5.41) is 2.92. The number of aromatic nitrogens is 1. The lowest BCUT2D eigenvalue weighted by Gasteiger charge is -2.07. The Hall–Kier alpha value is -1.39. The highest BCUT2D eigenvalue weighted by Crippen LogP contribution is 2.19. The van der Waals surface area contributed by atoms with Crippen molar-refractivity contribution in [3.8, 4) is 0 Å². The van der Waals surface area contributed by atoms with Crippen LogP contribution in [0.2, 0.25) is 0 Å². The molecule has 0 aliphatic carbocycles. The number of anilines is 1. The second-order valence-electron chi connectivity index (χ2n) is 4.56. The largest absolute Gasteiger partial charge is 1.00 e. The molecule has 20 heavy (non-hydrogen) atoms. The lowest BCUT2D eigenvalue weighted by molar-refractivity contribution is -0.684. The van der Waals surface area contributed by atoms with Gasteiger partial charge in [0.1, 0.15) is 0 Å². The number of carbonyl (C=O) groups excluding carboxylic acids is 1. The Bertz CT molecular complexity index is 617. The number of nitrogens with zero attached hydrogens (tertiary/aromatic N) is 1. The molecule has 1 heterocycles. The van der Waals surface area contributed by atoms with Crippen LogP contribution in [0.15, 0.2) is 47.2 Å². The molecule has 0 spiro atoms. The van der Waals surface area contributed by atoms with E-state index in [2.05, 4.69) is 21.2 Å². The summed E-state index contributed by atoms with van der Waals surface area (Å²) in [6.07, 6.45) is 3.84. The van der Waals surface area contributed by atoms with Crippen LogP contribution in [0, 0.1) is 13.8 Å². The number of hydrogen-bond acceptors (Lipinski definition) is 1. The molecular weight excluding hydrogens is 340 g/mol. The molecule has 1 amide bonds. The summed E-state index contributed by atoms with van der Waals surface area (Å²) in [4.78, 5) is 12.0. The van der Waals surface area contributed by atoms with Crippen molar-refractivity contribution < 1.29 is 21.8 Å². The molecule has 106 valence electrons. The number of carbonyl (C=O) groups is 1. The predicted molar refractivity (Wildman–Crippen MR) is 78.9 cm³/mol. The third-order valence-electron chi connectivity index (χ3n) is 2.79. The van der Waals surface area contributed by atoms with Gasteiger partial charge < -0.3 is 17.7 Å². The molecule has 0 unspecified atom stereocenters. The van der Waals surface area contributed by atoms with Crippen molar-refractivity contribution >= 4 is 27.5 Å². The first-order chi connectivity index (χ1) is 9.04. The van der Waals surface area contributed by atoms with Crippen molar-refractivity contribution in [2.24, 2.45) is 0 Å². The minimum Gasteiger partial charge on any atom is -1.00 e. The van der Waals surface area contributed by atoms with Crippen molar-refractivity contribution in [1.29, 1.82) is 0 Å². The second kappa shape index (κ2) is 7.41. The van der Waals surface area contributed by atoms with Crippen LogP contribution in [-0.4, -0.2) is 5.91 Å². The molecule has 0 bridgehead atoms. The quantitative estimate of drug-likeness (QED) is 0.772. The van der Waals surface area contributed by atoms with Crippen LogP contribution in [0.25, 0.3) is 0 Å². The van der Waals surface area contributed by atoms with Gasteiger partial charge in [-0.15, -0.1) is 0 Å². The van der Waals surface area contributed by atoms with Crippen LogP contribution in [-0.2, 0) is 11.3 Å². The van der Waals surface area contributed by atoms with E-state index in [1.165, 1.54) is 0 Å². The van der Waals surface area contributed by atoms with Gasteiger partial charge >= 0.3 is 0 Å². The van der Waals surface area contributed by atoms with Gasteiger partial charge in [-0.25, -0.2) is 0 Å². The highest BCUT2D eigenvalue weighted by Gasteiger charge is 2.10. The fraction of sp³-hybridized carbons (Fsp3) is 0.200. The van der Waals surface area contributed by atoms with Crippen molar-refractivity contribution in [2.45, 2.75) is 20.4 Å². The van der Waals surface area contributed by atoms with Gasteiger partial charge in [0.2, 0.25) is 6.54 Å². The summed E-state index contributed by atoms with van der Waals surface area (Å²) in [5.41, 5.74) is 3.02. The van der Waals surface area contributed by atoms with E-state index in [0.717, 1.165) is 21.3 Å². The topological polar surface area (TPSA) is 33.0 Å². The monoisotopic (exact) mass is 354 g/mol. The van der Waals surface area contributed by atoms with E-state index in [0.29, 0.717) is 6.54 Å². The minimum absolute atomic E-state index is 0. The fourth-order valence-electron chi connectivity index (χ4n) is 1.87. The van der Waals surface area contributed by atoms with E-state index < -0.39 is 0 Å². The lowest BCUT2D eigenvalue weighted by Crippen LogP contribution is -3.00. The molecule has 1 aromatic carbocycles. The highest BCUT2D eigenvalue weighted by atomic mass is 79.9. The molecule has 0 aliphatic rings. The van der Waals surface area contributed by atoms with Crippen LogP contribution in [0.5, 0.6) is 0 Å². The molecule has 0 saturated carbocycles. The minimum atomic E-state index is -0.0268. The number of aryl methyl sites for hydroxylation is 2. The van der Waals surface area contributed by atoms with Gasteiger partial charge in [-0.05, 0) is 43.7 Å². The van der Waals surface area contributed by atoms with E-state index >= 15 is 0 Å². The van der Waals surface area contributed by atoms with Crippen LogP contribution >= 0.6 is 15.9 Å². The smallest absolute Gasteiger partial charge is 0.290 e. The molecule has 0 aliphatic heterocycles. The van der Waals surface area contributed by atoms with Gasteiger partial charge in [0, 0.05) is 21.8 Å². The molecule has 3 nitrogen and oxygen atoms in total. The average Bonchev–Trinajstić information content (AvgIpc) is 2.33. The van der Waals surface area contributed by atoms with E-state index in [1.807, 2.05) is 61.1 Å². The van der Waals surface area contributed by atoms with Gasteiger partial charge in [-0.1, -0.05) is 15.9 Å². The van der Waals surface area contributed by atoms with Gasteiger partial charge in [0.15, 0.2) is 12.4 Å². The molecule has 0 radical (unpaired) electrons. The maximum Gasteiger partial charge on any atom is 0.290 e. The van der Waals surface area contributed by atoms with Crippen LogP contribution in [0.3, 0.4) is 0 Å². The van der Waals surface area contributed by atoms with Crippen molar-refractivity contribution in [3.63, 3.8) is 0 Å². The third-order valence-corrected chi connectivity index (χ3v) is 3.29. The summed E-state index contributed by atoms with van der Waals surface area (Å²) in [6, 6.07) is 9.75. The first-order valence-electron chi connectivity index (χ1n) is 6.06. The first-order valence-corrected chi connectivity index (χ1v) is 6.85. The zero-order valence-corrected chi connectivity index (χ0v) is 13.7. The molecule has 0 saturated heterocycles. The van der Waals surface area contributed by atoms with Crippen molar-refractivity contribution in [2.75, 3.05) is 5.32 Å². The Morgan fingerprint density at radius 2 is 2.05 bits per heavy atom. The number of rotatable bonds is 3. The van der Waals surface area contributed by atoms with Gasteiger partial charge in [-0.2, -0.15) is 4.57 Å². The number of hydrogen-bond donors (Lipinski definition) is 1.